The average molecular weight is 352 g/mol. The van der Waals surface area contributed by atoms with Gasteiger partial charge in [-0.2, -0.15) is 0 Å². The number of carbonyl (C=O) groups is 1. The summed E-state index contributed by atoms with van der Waals surface area (Å²) in [7, 11) is -3.16. The predicted octanol–water partition coefficient (Wildman–Crippen LogP) is 0.650. The monoisotopic (exact) mass is 351 g/mol. The molecule has 0 aromatic carbocycles. The van der Waals surface area contributed by atoms with Crippen LogP contribution < -0.4 is 10.6 Å². The lowest BCUT2D eigenvalue weighted by Gasteiger charge is -2.16. The number of sulfonamides is 1. The fraction of sp³-hybridized carbons (Fsp3) is 0.786. The number of nitrogens with one attached hydrogen (secondary N) is 2. The molecule has 0 saturated carbocycles. The van der Waals surface area contributed by atoms with Crippen LogP contribution in [0.5, 0.6) is 0 Å². The molecular formula is C14H26ClN3O3S. The van der Waals surface area contributed by atoms with E-state index in [1.807, 2.05) is 0 Å². The molecule has 0 atom stereocenters. The fourth-order valence-electron chi connectivity index (χ4n) is 2.64. The molecule has 2 aliphatic rings. The van der Waals surface area contributed by atoms with Crippen molar-refractivity contribution in [3.63, 3.8) is 0 Å². The maximum absolute atomic E-state index is 12.0. The number of hydrogen-bond acceptors (Lipinski definition) is 4. The Kier molecular flexibility index (Phi) is 8.38. The second-order valence-corrected chi connectivity index (χ2v) is 7.71. The summed E-state index contributed by atoms with van der Waals surface area (Å²) in [6.45, 7) is 3.67. The van der Waals surface area contributed by atoms with Crippen molar-refractivity contribution in [2.45, 2.75) is 32.1 Å². The van der Waals surface area contributed by atoms with E-state index in [0.717, 1.165) is 32.4 Å². The van der Waals surface area contributed by atoms with E-state index in [1.165, 1.54) is 5.57 Å². The zero-order chi connectivity index (χ0) is 15.1. The third-order valence-corrected chi connectivity index (χ3v) is 5.89. The lowest BCUT2D eigenvalue weighted by Crippen LogP contribution is -2.32. The molecule has 0 aromatic rings. The zero-order valence-electron chi connectivity index (χ0n) is 12.8. The van der Waals surface area contributed by atoms with E-state index in [2.05, 4.69) is 16.7 Å². The van der Waals surface area contributed by atoms with Crippen molar-refractivity contribution in [2.75, 3.05) is 38.5 Å². The molecule has 1 saturated heterocycles. The van der Waals surface area contributed by atoms with Crippen LogP contribution in [0, 0.1) is 0 Å². The summed E-state index contributed by atoms with van der Waals surface area (Å²) < 4.78 is 25.5. The molecule has 2 heterocycles. The normalized spacial score (nSPS) is 19.4. The summed E-state index contributed by atoms with van der Waals surface area (Å²) in [5, 5.41) is 6.08. The number of carbonyl (C=O) groups excluding carboxylic acids is 1. The Bertz CT molecular complexity index is 488. The first kappa shape index (κ1) is 19.4. The first-order chi connectivity index (χ1) is 10.1. The Labute approximate surface area is 139 Å². The molecule has 22 heavy (non-hydrogen) atoms. The van der Waals surface area contributed by atoms with Crippen molar-refractivity contribution in [2.24, 2.45) is 0 Å². The third kappa shape index (κ3) is 6.24. The van der Waals surface area contributed by atoms with Gasteiger partial charge in [0.2, 0.25) is 15.9 Å². The van der Waals surface area contributed by atoms with Crippen LogP contribution in [0.1, 0.15) is 32.1 Å². The van der Waals surface area contributed by atoms with Gasteiger partial charge in [0.15, 0.2) is 0 Å². The molecular weight excluding hydrogens is 326 g/mol. The van der Waals surface area contributed by atoms with Crippen molar-refractivity contribution in [1.82, 2.24) is 14.9 Å². The van der Waals surface area contributed by atoms with Crippen LogP contribution in [0.25, 0.3) is 0 Å². The largest absolute Gasteiger partial charge is 0.352 e. The van der Waals surface area contributed by atoms with E-state index < -0.39 is 10.0 Å². The lowest BCUT2D eigenvalue weighted by molar-refractivity contribution is -0.120. The van der Waals surface area contributed by atoms with Crippen LogP contribution in [-0.4, -0.2) is 57.1 Å². The standard InChI is InChI=1S/C14H25N3O3S.ClH/c18-14(16-12-13-5-7-15-8-6-13)4-3-11-21(19,20)17-9-1-2-10-17;/h5,15H,1-4,6-12H2,(H,16,18);1H. The van der Waals surface area contributed by atoms with E-state index >= 15 is 0 Å². The molecule has 1 fully saturated rings. The molecule has 1 amide bonds. The first-order valence-electron chi connectivity index (χ1n) is 7.71. The zero-order valence-corrected chi connectivity index (χ0v) is 14.5. The van der Waals surface area contributed by atoms with Gasteiger partial charge in [-0.15, -0.1) is 12.4 Å². The molecule has 0 aliphatic carbocycles. The van der Waals surface area contributed by atoms with Gasteiger partial charge in [0.1, 0.15) is 0 Å². The second kappa shape index (κ2) is 9.50. The van der Waals surface area contributed by atoms with Gasteiger partial charge in [0.25, 0.3) is 0 Å². The maximum Gasteiger partial charge on any atom is 0.220 e. The van der Waals surface area contributed by atoms with Gasteiger partial charge in [0.05, 0.1) is 5.75 Å². The predicted molar refractivity (Wildman–Crippen MR) is 89.7 cm³/mol. The highest BCUT2D eigenvalue weighted by Gasteiger charge is 2.24. The lowest BCUT2D eigenvalue weighted by atomic mass is 10.1. The highest BCUT2D eigenvalue weighted by atomic mass is 35.5. The van der Waals surface area contributed by atoms with E-state index in [-0.39, 0.29) is 30.5 Å². The molecule has 0 aromatic heterocycles. The molecule has 2 rings (SSSR count). The van der Waals surface area contributed by atoms with Crippen molar-refractivity contribution >= 4 is 28.3 Å². The Morgan fingerprint density at radius 3 is 2.68 bits per heavy atom. The summed E-state index contributed by atoms with van der Waals surface area (Å²) in [5.74, 6) is 0.0126. The molecule has 0 spiro atoms. The summed E-state index contributed by atoms with van der Waals surface area (Å²) >= 11 is 0. The van der Waals surface area contributed by atoms with Crippen molar-refractivity contribution in [3.05, 3.63) is 11.6 Å². The van der Waals surface area contributed by atoms with Crippen LogP contribution in [0.4, 0.5) is 0 Å². The molecule has 128 valence electrons. The molecule has 0 radical (unpaired) electrons. The minimum Gasteiger partial charge on any atom is -0.352 e. The Morgan fingerprint density at radius 1 is 1.32 bits per heavy atom. The first-order valence-corrected chi connectivity index (χ1v) is 9.32. The summed E-state index contributed by atoms with van der Waals surface area (Å²) in [5.41, 5.74) is 1.24. The quantitative estimate of drug-likeness (QED) is 0.660. The number of rotatable bonds is 7. The van der Waals surface area contributed by atoms with Crippen LogP contribution in [0.15, 0.2) is 11.6 Å². The minimum absolute atomic E-state index is 0. The highest BCUT2D eigenvalue weighted by molar-refractivity contribution is 7.89. The fourth-order valence-corrected chi connectivity index (χ4v) is 4.22. The van der Waals surface area contributed by atoms with Crippen molar-refractivity contribution < 1.29 is 13.2 Å². The Hall–Kier alpha value is -0.630. The highest BCUT2D eigenvalue weighted by Crippen LogP contribution is 2.14. The van der Waals surface area contributed by atoms with E-state index in [9.17, 15) is 13.2 Å². The average Bonchev–Trinajstić information content (AvgIpc) is 3.01. The van der Waals surface area contributed by atoms with Crippen LogP contribution in [-0.2, 0) is 14.8 Å². The van der Waals surface area contributed by atoms with Crippen LogP contribution in [0.2, 0.25) is 0 Å². The van der Waals surface area contributed by atoms with Gasteiger partial charge < -0.3 is 10.6 Å². The van der Waals surface area contributed by atoms with Gasteiger partial charge >= 0.3 is 0 Å². The van der Waals surface area contributed by atoms with Gasteiger partial charge in [-0.1, -0.05) is 11.6 Å². The van der Waals surface area contributed by atoms with E-state index in [4.69, 9.17) is 0 Å². The Morgan fingerprint density at radius 2 is 2.05 bits per heavy atom. The number of hydrogen-bond donors (Lipinski definition) is 2. The van der Waals surface area contributed by atoms with Gasteiger partial charge in [-0.25, -0.2) is 12.7 Å². The van der Waals surface area contributed by atoms with Crippen LogP contribution >= 0.6 is 12.4 Å². The molecule has 2 aliphatic heterocycles. The Balaban J connectivity index is 0.00000242. The molecule has 6 nitrogen and oxygen atoms in total. The van der Waals surface area contributed by atoms with Crippen LogP contribution in [0.3, 0.4) is 0 Å². The van der Waals surface area contributed by atoms with Gasteiger partial charge in [0, 0.05) is 32.6 Å². The number of amides is 1. The second-order valence-electron chi connectivity index (χ2n) is 5.62. The molecule has 0 unspecified atom stereocenters. The van der Waals surface area contributed by atoms with Crippen molar-refractivity contribution in [1.29, 1.82) is 0 Å². The number of halogens is 1. The van der Waals surface area contributed by atoms with Gasteiger partial charge in [-0.05, 0) is 32.2 Å². The molecule has 0 bridgehead atoms. The summed E-state index contributed by atoms with van der Waals surface area (Å²) in [6.07, 6.45) is 5.63. The third-order valence-electron chi connectivity index (χ3n) is 3.94. The molecule has 2 N–H and O–H groups in total. The van der Waals surface area contributed by atoms with E-state index in [0.29, 0.717) is 26.1 Å². The van der Waals surface area contributed by atoms with Gasteiger partial charge in [-0.3, -0.25) is 4.79 Å². The SMILES string of the molecule is Cl.O=C(CCCS(=O)(=O)N1CCCC1)NCC1=CCNCC1. The minimum atomic E-state index is -3.16. The summed E-state index contributed by atoms with van der Waals surface area (Å²) in [4.78, 5) is 11.7. The smallest absolute Gasteiger partial charge is 0.220 e. The number of nitrogens with zero attached hydrogens (tertiary/aromatic N) is 1. The molecule has 8 heteroatoms. The maximum atomic E-state index is 12.0. The summed E-state index contributed by atoms with van der Waals surface area (Å²) in [6, 6.07) is 0. The van der Waals surface area contributed by atoms with E-state index in [1.54, 1.807) is 4.31 Å². The van der Waals surface area contributed by atoms with Crippen molar-refractivity contribution in [3.8, 4) is 0 Å². The topological polar surface area (TPSA) is 78.5 Å².